The van der Waals surface area contributed by atoms with E-state index >= 15 is 0 Å². The lowest BCUT2D eigenvalue weighted by Crippen LogP contribution is -2.61. The molecule has 0 spiro atoms. The molecule has 1 saturated heterocycles. The summed E-state index contributed by atoms with van der Waals surface area (Å²) in [6.45, 7) is 6.73. The summed E-state index contributed by atoms with van der Waals surface area (Å²) < 4.78 is 49.0. The highest BCUT2D eigenvalue weighted by atomic mass is 19.4. The number of nitrogens with zero attached hydrogens (tertiary/aromatic N) is 4. The molecule has 1 atom stereocenters. The van der Waals surface area contributed by atoms with Crippen molar-refractivity contribution in [1.82, 2.24) is 20.1 Å². The summed E-state index contributed by atoms with van der Waals surface area (Å²) in [7, 11) is 0. The first-order valence-corrected chi connectivity index (χ1v) is 13.5. The SMILES string of the molecule is CC(C)(C)OC(=O)N1CCN(C23C=C4C=CC(=N4)C=c4ccc([nH]4)=CC4=NC(=CC(=C(C(F)(F)F)C2)N3)C=C4)CC1. The number of aromatic nitrogens is 1. The molecule has 1 fully saturated rings. The van der Waals surface area contributed by atoms with E-state index in [4.69, 9.17) is 9.73 Å². The minimum atomic E-state index is -4.56. The number of alkyl halides is 3. The molecular weight excluding hydrogens is 533 g/mol. The van der Waals surface area contributed by atoms with Gasteiger partial charge < -0.3 is 19.9 Å². The van der Waals surface area contributed by atoms with Crippen LogP contribution in [0.15, 0.2) is 81.2 Å². The van der Waals surface area contributed by atoms with Gasteiger partial charge in [0, 0.05) is 49.0 Å². The van der Waals surface area contributed by atoms with Crippen molar-refractivity contribution in [2.24, 2.45) is 9.98 Å². The molecule has 1 amide bonds. The molecule has 8 bridgehead atoms. The van der Waals surface area contributed by atoms with Gasteiger partial charge in [-0.15, -0.1) is 0 Å². The second kappa shape index (κ2) is 9.76. The molecule has 0 aliphatic carbocycles. The Labute approximate surface area is 235 Å². The van der Waals surface area contributed by atoms with Crippen LogP contribution in [-0.4, -0.2) is 75.9 Å². The van der Waals surface area contributed by atoms with Gasteiger partial charge in [-0.2, -0.15) is 13.2 Å². The lowest BCUT2D eigenvalue weighted by Gasteiger charge is -2.45. The number of carbonyl (C=O) groups excluding carboxylic acids is 1. The van der Waals surface area contributed by atoms with Crippen LogP contribution < -0.4 is 16.0 Å². The molecule has 5 aliphatic rings. The fourth-order valence-corrected chi connectivity index (χ4v) is 5.50. The van der Waals surface area contributed by atoms with Gasteiger partial charge in [0.05, 0.1) is 28.4 Å². The van der Waals surface area contributed by atoms with Gasteiger partial charge >= 0.3 is 12.3 Å². The number of ether oxygens (including phenoxy) is 1. The monoisotopic (exact) mass is 564 g/mol. The summed E-state index contributed by atoms with van der Waals surface area (Å²) in [4.78, 5) is 28.8. The molecule has 41 heavy (non-hydrogen) atoms. The van der Waals surface area contributed by atoms with Crippen molar-refractivity contribution >= 4 is 29.7 Å². The van der Waals surface area contributed by atoms with Crippen LogP contribution in [0.4, 0.5) is 18.0 Å². The summed E-state index contributed by atoms with van der Waals surface area (Å²) in [5.74, 6) is 0. The maximum absolute atomic E-state index is 14.5. The van der Waals surface area contributed by atoms with E-state index in [0.29, 0.717) is 49.0 Å². The molecule has 1 unspecified atom stereocenters. The fraction of sp³-hybridized carbons (Fsp3) is 0.367. The molecule has 214 valence electrons. The number of halogens is 3. The highest BCUT2D eigenvalue weighted by Crippen LogP contribution is 2.43. The topological polar surface area (TPSA) is 85.3 Å². The van der Waals surface area contributed by atoms with E-state index in [1.165, 1.54) is 6.08 Å². The third-order valence-corrected chi connectivity index (χ3v) is 7.34. The van der Waals surface area contributed by atoms with E-state index in [2.05, 4.69) is 15.3 Å². The zero-order valence-electron chi connectivity index (χ0n) is 23.0. The van der Waals surface area contributed by atoms with Crippen molar-refractivity contribution < 1.29 is 22.7 Å². The fourth-order valence-electron chi connectivity index (χ4n) is 5.50. The van der Waals surface area contributed by atoms with Crippen LogP contribution >= 0.6 is 0 Å². The zero-order chi connectivity index (χ0) is 29.0. The Kier molecular flexibility index (Phi) is 6.44. The maximum Gasteiger partial charge on any atom is 0.414 e. The Morgan fingerprint density at radius 2 is 1.51 bits per heavy atom. The first-order chi connectivity index (χ1) is 19.4. The highest BCUT2D eigenvalue weighted by Gasteiger charge is 2.50. The van der Waals surface area contributed by atoms with E-state index in [0.717, 1.165) is 10.7 Å². The molecule has 0 aromatic carbocycles. The average Bonchev–Trinajstić information content (AvgIpc) is 3.67. The van der Waals surface area contributed by atoms with E-state index in [1.807, 2.05) is 35.3 Å². The van der Waals surface area contributed by atoms with Crippen LogP contribution in [0.1, 0.15) is 27.2 Å². The lowest BCUT2D eigenvalue weighted by atomic mass is 9.98. The number of aliphatic imine (C=N–C) groups is 2. The second-order valence-electron chi connectivity index (χ2n) is 11.6. The largest absolute Gasteiger partial charge is 0.444 e. The summed E-state index contributed by atoms with van der Waals surface area (Å²) >= 11 is 0. The molecule has 1 aromatic rings. The zero-order valence-corrected chi connectivity index (χ0v) is 23.0. The van der Waals surface area contributed by atoms with Crippen LogP contribution in [0.3, 0.4) is 0 Å². The average molecular weight is 565 g/mol. The number of rotatable bonds is 1. The van der Waals surface area contributed by atoms with Crippen LogP contribution in [0.2, 0.25) is 0 Å². The van der Waals surface area contributed by atoms with E-state index in [1.54, 1.807) is 50.0 Å². The van der Waals surface area contributed by atoms with Gasteiger partial charge in [-0.05, 0) is 81.5 Å². The molecule has 0 radical (unpaired) electrons. The summed E-state index contributed by atoms with van der Waals surface area (Å²) in [5, 5.41) is 4.90. The summed E-state index contributed by atoms with van der Waals surface area (Å²) in [5.41, 5.74) is -0.246. The number of nitrogens with one attached hydrogen (secondary N) is 2. The minimum absolute atomic E-state index is 0.0273. The molecule has 8 nitrogen and oxygen atoms in total. The van der Waals surface area contributed by atoms with E-state index < -0.39 is 29.1 Å². The smallest absolute Gasteiger partial charge is 0.414 e. The van der Waals surface area contributed by atoms with E-state index in [-0.39, 0.29) is 12.1 Å². The number of carbonyl (C=O) groups is 1. The first kappa shape index (κ1) is 27.1. The molecule has 2 N–H and O–H groups in total. The third kappa shape index (κ3) is 5.72. The number of fused-ring (bicyclic) bond motifs is 6. The Hall–Kier alpha value is -4.12. The lowest BCUT2D eigenvalue weighted by molar-refractivity contribution is -0.0959. The van der Waals surface area contributed by atoms with Crippen molar-refractivity contribution in [3.8, 4) is 0 Å². The van der Waals surface area contributed by atoms with Crippen molar-refractivity contribution in [3.63, 3.8) is 0 Å². The van der Waals surface area contributed by atoms with Crippen molar-refractivity contribution in [2.45, 2.75) is 44.6 Å². The molecule has 6 heterocycles. The Morgan fingerprint density at radius 3 is 2.12 bits per heavy atom. The van der Waals surface area contributed by atoms with Gasteiger partial charge in [0.25, 0.3) is 0 Å². The van der Waals surface area contributed by atoms with E-state index in [9.17, 15) is 18.0 Å². The standard InChI is InChI=1S/C30H31F3N6O2/c1-28(2,3)41-27(40)38-10-12-39(13-11-38)29-17-24-9-8-22(36-24)15-20-5-4-19(34-20)14-21-6-7-23(35-21)16-26(37-29)25(18-29)30(31,32)33/h4-9,14-17,34,37H,10-13,18H2,1-3H3. The van der Waals surface area contributed by atoms with Gasteiger partial charge in [-0.1, -0.05) is 0 Å². The molecule has 6 rings (SSSR count). The number of piperazine rings is 1. The van der Waals surface area contributed by atoms with Crippen LogP contribution in [0.25, 0.3) is 12.2 Å². The first-order valence-electron chi connectivity index (χ1n) is 13.5. The number of H-pyrrole nitrogens is 1. The van der Waals surface area contributed by atoms with Crippen LogP contribution in [0, 0.1) is 0 Å². The predicted octanol–water partition coefficient (Wildman–Crippen LogP) is 3.44. The van der Waals surface area contributed by atoms with Gasteiger partial charge in [0.2, 0.25) is 0 Å². The molecule has 0 saturated carbocycles. The third-order valence-electron chi connectivity index (χ3n) is 7.34. The molecule has 1 aromatic heterocycles. The Bertz CT molecular complexity index is 1620. The predicted molar refractivity (Wildman–Crippen MR) is 151 cm³/mol. The number of aromatic amines is 1. The second-order valence-corrected chi connectivity index (χ2v) is 11.6. The number of hydrogen-bond donors (Lipinski definition) is 2. The summed E-state index contributed by atoms with van der Waals surface area (Å²) in [6, 6.07) is 3.85. The maximum atomic E-state index is 14.5. The highest BCUT2D eigenvalue weighted by molar-refractivity contribution is 6.20. The summed E-state index contributed by atoms with van der Waals surface area (Å²) in [6.07, 6.45) is 8.76. The van der Waals surface area contributed by atoms with Crippen molar-refractivity contribution in [1.29, 1.82) is 0 Å². The Morgan fingerprint density at radius 1 is 0.902 bits per heavy atom. The number of hydrogen-bond acceptors (Lipinski definition) is 6. The van der Waals surface area contributed by atoms with Gasteiger partial charge in [0.15, 0.2) is 0 Å². The van der Waals surface area contributed by atoms with Gasteiger partial charge in [0.1, 0.15) is 11.3 Å². The van der Waals surface area contributed by atoms with Gasteiger partial charge in [-0.25, -0.2) is 14.8 Å². The molecular formula is C30H31F3N6O2. The van der Waals surface area contributed by atoms with Gasteiger partial charge in [-0.3, -0.25) is 4.90 Å². The van der Waals surface area contributed by atoms with Crippen molar-refractivity contribution in [3.05, 3.63) is 82.0 Å². The molecule has 11 heteroatoms. The van der Waals surface area contributed by atoms with Crippen molar-refractivity contribution in [2.75, 3.05) is 26.2 Å². The minimum Gasteiger partial charge on any atom is -0.444 e. The number of allylic oxidation sites excluding steroid dienone is 5. The normalized spacial score (nSPS) is 24.3. The quantitative estimate of drug-likeness (QED) is 0.548. The van der Waals surface area contributed by atoms with Crippen LogP contribution in [-0.2, 0) is 4.74 Å². The Balaban J connectivity index is 1.41. The molecule has 5 aliphatic heterocycles. The number of amides is 1. The van der Waals surface area contributed by atoms with Crippen LogP contribution in [0.5, 0.6) is 0 Å².